The molecule has 2 aliphatic rings. The van der Waals surface area contributed by atoms with Crippen LogP contribution in [-0.4, -0.2) is 24.5 Å². The number of para-hydroxylation sites is 1. The Morgan fingerprint density at radius 1 is 1.33 bits per heavy atom. The van der Waals surface area contributed by atoms with Gasteiger partial charge in [-0.2, -0.15) is 0 Å². The summed E-state index contributed by atoms with van der Waals surface area (Å²) in [7, 11) is 0. The Kier molecular flexibility index (Phi) is 4.29. The van der Waals surface area contributed by atoms with Crippen LogP contribution < -0.4 is 10.2 Å². The van der Waals surface area contributed by atoms with Crippen LogP contribution in [0.5, 0.6) is 0 Å². The van der Waals surface area contributed by atoms with Gasteiger partial charge >= 0.3 is 0 Å². The van der Waals surface area contributed by atoms with Crippen LogP contribution >= 0.6 is 0 Å². The van der Waals surface area contributed by atoms with E-state index in [1.165, 1.54) is 18.4 Å². The highest BCUT2D eigenvalue weighted by Crippen LogP contribution is 2.32. The maximum atomic E-state index is 13.1. The summed E-state index contributed by atoms with van der Waals surface area (Å²) in [5.41, 5.74) is 2.44. The van der Waals surface area contributed by atoms with Crippen molar-refractivity contribution in [2.75, 3.05) is 11.4 Å². The molecule has 1 aromatic rings. The summed E-state index contributed by atoms with van der Waals surface area (Å²) in [4.78, 5) is 15.1. The Hall–Kier alpha value is -1.35. The summed E-state index contributed by atoms with van der Waals surface area (Å²) in [6.45, 7) is 5.38. The number of amides is 1. The van der Waals surface area contributed by atoms with E-state index in [9.17, 15) is 4.79 Å². The second kappa shape index (κ2) is 6.18. The molecule has 3 unspecified atom stereocenters. The zero-order valence-corrected chi connectivity index (χ0v) is 13.1. The summed E-state index contributed by atoms with van der Waals surface area (Å²) in [5.74, 6) is 0.961. The van der Waals surface area contributed by atoms with Gasteiger partial charge in [-0.05, 0) is 56.7 Å². The summed E-state index contributed by atoms with van der Waals surface area (Å²) < 4.78 is 0. The quantitative estimate of drug-likeness (QED) is 0.906. The van der Waals surface area contributed by atoms with Crippen molar-refractivity contribution in [1.29, 1.82) is 0 Å². The Morgan fingerprint density at radius 2 is 2.14 bits per heavy atom. The molecule has 0 aromatic heterocycles. The van der Waals surface area contributed by atoms with E-state index in [2.05, 4.69) is 42.3 Å². The van der Waals surface area contributed by atoms with Gasteiger partial charge in [0, 0.05) is 11.7 Å². The molecule has 114 valence electrons. The molecule has 3 rings (SSSR count). The number of hydrogen-bond donors (Lipinski definition) is 1. The van der Waals surface area contributed by atoms with E-state index in [-0.39, 0.29) is 11.9 Å². The molecule has 3 atom stereocenters. The second-order valence-corrected chi connectivity index (χ2v) is 6.53. The van der Waals surface area contributed by atoms with Gasteiger partial charge in [-0.25, -0.2) is 0 Å². The zero-order valence-electron chi connectivity index (χ0n) is 13.1. The number of carbonyl (C=O) groups excluding carboxylic acids is 1. The van der Waals surface area contributed by atoms with E-state index in [4.69, 9.17) is 0 Å². The molecule has 3 nitrogen and oxygen atoms in total. The maximum Gasteiger partial charge on any atom is 0.244 e. The van der Waals surface area contributed by atoms with Crippen molar-refractivity contribution < 1.29 is 4.79 Å². The van der Waals surface area contributed by atoms with E-state index >= 15 is 0 Å². The second-order valence-electron chi connectivity index (χ2n) is 6.53. The summed E-state index contributed by atoms with van der Waals surface area (Å²) in [6, 6.07) is 8.67. The van der Waals surface area contributed by atoms with Crippen LogP contribution in [0, 0.1) is 5.92 Å². The number of aryl methyl sites for hydroxylation is 1. The fraction of sp³-hybridized carbons (Fsp3) is 0.611. The standard InChI is InChI=1S/C18H26N2O/c1-3-14-10-11-19-16(12-14)18(21)20-13(2)8-9-15-6-4-5-7-17(15)20/h4-7,13-14,16,19H,3,8-12H2,1-2H3. The van der Waals surface area contributed by atoms with Gasteiger partial charge in [0.05, 0.1) is 6.04 Å². The number of hydrogen-bond acceptors (Lipinski definition) is 2. The van der Waals surface area contributed by atoms with Gasteiger partial charge in [0.15, 0.2) is 0 Å². The van der Waals surface area contributed by atoms with Crippen LogP contribution in [0.15, 0.2) is 24.3 Å². The van der Waals surface area contributed by atoms with Gasteiger partial charge in [-0.15, -0.1) is 0 Å². The first-order valence-corrected chi connectivity index (χ1v) is 8.35. The van der Waals surface area contributed by atoms with E-state index in [1.54, 1.807) is 0 Å². The van der Waals surface area contributed by atoms with Crippen LogP contribution in [0.2, 0.25) is 0 Å². The lowest BCUT2D eigenvalue weighted by atomic mass is 9.88. The average Bonchev–Trinajstić information content (AvgIpc) is 2.54. The lowest BCUT2D eigenvalue weighted by molar-refractivity contribution is -0.122. The van der Waals surface area contributed by atoms with Crippen molar-refractivity contribution in [1.82, 2.24) is 5.32 Å². The average molecular weight is 286 g/mol. The predicted octanol–water partition coefficient (Wildman–Crippen LogP) is 3.13. The van der Waals surface area contributed by atoms with E-state index in [0.717, 1.165) is 31.5 Å². The molecular weight excluding hydrogens is 260 g/mol. The van der Waals surface area contributed by atoms with E-state index in [1.807, 2.05) is 6.07 Å². The molecule has 1 N–H and O–H groups in total. The minimum absolute atomic E-state index is 0.00249. The molecule has 0 spiro atoms. The molecule has 0 saturated carbocycles. The van der Waals surface area contributed by atoms with Crippen molar-refractivity contribution in [3.05, 3.63) is 29.8 Å². The highest BCUT2D eigenvalue weighted by atomic mass is 16.2. The molecule has 2 aliphatic heterocycles. The first kappa shape index (κ1) is 14.6. The first-order chi connectivity index (χ1) is 10.2. The number of benzene rings is 1. The SMILES string of the molecule is CCC1CCNC(C(=O)N2c3ccccc3CCC2C)C1. The minimum Gasteiger partial charge on any atom is -0.308 e. The zero-order chi connectivity index (χ0) is 14.8. The largest absolute Gasteiger partial charge is 0.308 e. The van der Waals surface area contributed by atoms with Crippen molar-refractivity contribution in [2.24, 2.45) is 5.92 Å². The normalized spacial score (nSPS) is 29.0. The van der Waals surface area contributed by atoms with Gasteiger partial charge in [0.2, 0.25) is 5.91 Å². The van der Waals surface area contributed by atoms with Gasteiger partial charge in [-0.3, -0.25) is 4.79 Å². The molecule has 1 fully saturated rings. The third-order valence-corrected chi connectivity index (χ3v) is 5.15. The third-order valence-electron chi connectivity index (χ3n) is 5.15. The van der Waals surface area contributed by atoms with Crippen LogP contribution in [0.4, 0.5) is 5.69 Å². The minimum atomic E-state index is -0.00249. The molecule has 1 aromatic carbocycles. The molecule has 1 saturated heterocycles. The van der Waals surface area contributed by atoms with Gasteiger partial charge in [0.1, 0.15) is 0 Å². The monoisotopic (exact) mass is 286 g/mol. The van der Waals surface area contributed by atoms with Gasteiger partial charge in [0.25, 0.3) is 0 Å². The highest BCUT2D eigenvalue weighted by molar-refractivity contribution is 5.98. The van der Waals surface area contributed by atoms with Crippen molar-refractivity contribution in [2.45, 2.75) is 58.0 Å². The number of nitrogens with one attached hydrogen (secondary N) is 1. The third kappa shape index (κ3) is 2.84. The Morgan fingerprint density at radius 3 is 2.95 bits per heavy atom. The number of nitrogens with zero attached hydrogens (tertiary/aromatic N) is 1. The molecule has 0 radical (unpaired) electrons. The molecule has 1 amide bonds. The number of fused-ring (bicyclic) bond motifs is 1. The maximum absolute atomic E-state index is 13.1. The predicted molar refractivity (Wildman–Crippen MR) is 86.5 cm³/mol. The summed E-state index contributed by atoms with van der Waals surface area (Å²) >= 11 is 0. The lowest BCUT2D eigenvalue weighted by Gasteiger charge is -2.39. The van der Waals surface area contributed by atoms with Gasteiger partial charge < -0.3 is 10.2 Å². The van der Waals surface area contributed by atoms with Crippen molar-refractivity contribution in [3.63, 3.8) is 0 Å². The summed E-state index contributed by atoms with van der Waals surface area (Å²) in [6.07, 6.45) is 5.51. The number of piperidine rings is 1. The van der Waals surface area contributed by atoms with Crippen LogP contribution in [0.1, 0.15) is 45.1 Å². The van der Waals surface area contributed by atoms with Crippen molar-refractivity contribution in [3.8, 4) is 0 Å². The Labute approximate surface area is 127 Å². The molecule has 0 bridgehead atoms. The fourth-order valence-corrected chi connectivity index (χ4v) is 3.75. The van der Waals surface area contributed by atoms with Crippen LogP contribution in [0.3, 0.4) is 0 Å². The van der Waals surface area contributed by atoms with Crippen molar-refractivity contribution >= 4 is 11.6 Å². The fourth-order valence-electron chi connectivity index (χ4n) is 3.75. The molecule has 2 heterocycles. The Balaban J connectivity index is 1.83. The highest BCUT2D eigenvalue weighted by Gasteiger charge is 2.34. The van der Waals surface area contributed by atoms with Gasteiger partial charge in [-0.1, -0.05) is 31.5 Å². The smallest absolute Gasteiger partial charge is 0.244 e. The molecule has 0 aliphatic carbocycles. The topological polar surface area (TPSA) is 32.3 Å². The van der Waals surface area contributed by atoms with E-state index in [0.29, 0.717) is 12.0 Å². The number of carbonyl (C=O) groups is 1. The number of anilines is 1. The number of rotatable bonds is 2. The molecule has 21 heavy (non-hydrogen) atoms. The molecule has 3 heteroatoms. The van der Waals surface area contributed by atoms with E-state index < -0.39 is 0 Å². The molecular formula is C18H26N2O. The summed E-state index contributed by atoms with van der Waals surface area (Å²) in [5, 5.41) is 3.44. The lowest BCUT2D eigenvalue weighted by Crippen LogP contribution is -2.54. The Bertz CT molecular complexity index is 514. The van der Waals surface area contributed by atoms with Crippen LogP contribution in [0.25, 0.3) is 0 Å². The first-order valence-electron chi connectivity index (χ1n) is 8.35. The van der Waals surface area contributed by atoms with Crippen LogP contribution in [-0.2, 0) is 11.2 Å².